The van der Waals surface area contributed by atoms with E-state index in [2.05, 4.69) is 4.98 Å². The van der Waals surface area contributed by atoms with Gasteiger partial charge in [-0.15, -0.1) is 0 Å². The van der Waals surface area contributed by atoms with Crippen LogP contribution in [0, 0.1) is 0 Å². The number of ketones is 1. The molecule has 1 aromatic rings. The van der Waals surface area contributed by atoms with Crippen molar-refractivity contribution >= 4 is 5.78 Å². The van der Waals surface area contributed by atoms with Crippen LogP contribution in [0.2, 0.25) is 0 Å². The van der Waals surface area contributed by atoms with Crippen LogP contribution >= 0.6 is 0 Å². The molecule has 2 rings (SSSR count). The van der Waals surface area contributed by atoms with Gasteiger partial charge in [-0.25, -0.2) is 4.98 Å². The van der Waals surface area contributed by atoms with Gasteiger partial charge in [-0.3, -0.25) is 4.79 Å². The molecule has 3 nitrogen and oxygen atoms in total. The molecule has 0 aromatic carbocycles. The minimum atomic E-state index is -0.295. The maximum Gasteiger partial charge on any atom is 0.180 e. The van der Waals surface area contributed by atoms with Gasteiger partial charge in [-0.05, 0) is 19.8 Å². The Morgan fingerprint density at radius 2 is 2.45 bits per heavy atom. The highest BCUT2D eigenvalue weighted by Gasteiger charge is 2.51. The van der Waals surface area contributed by atoms with Gasteiger partial charge in [0.25, 0.3) is 0 Å². The molecule has 0 amide bonds. The van der Waals surface area contributed by atoms with E-state index in [1.165, 1.54) is 6.39 Å². The Morgan fingerprint density at radius 1 is 1.73 bits per heavy atom. The molecule has 0 spiro atoms. The highest BCUT2D eigenvalue weighted by atomic mass is 16.3. The van der Waals surface area contributed by atoms with Crippen molar-refractivity contribution in [1.82, 2.24) is 4.98 Å². The lowest BCUT2D eigenvalue weighted by Gasteiger charge is -2.04. The van der Waals surface area contributed by atoms with Crippen molar-refractivity contribution in [3.8, 4) is 0 Å². The standard InChI is InChI=1S/C8H9NO2/c1-6(10)8(2-3-8)7-4-9-5-11-7/h4-5H,2-3H2,1H3. The summed E-state index contributed by atoms with van der Waals surface area (Å²) in [7, 11) is 0. The first-order valence-electron chi connectivity index (χ1n) is 3.66. The zero-order valence-corrected chi connectivity index (χ0v) is 6.33. The molecule has 1 saturated carbocycles. The molecule has 0 saturated heterocycles. The van der Waals surface area contributed by atoms with E-state index >= 15 is 0 Å². The van der Waals surface area contributed by atoms with Crippen molar-refractivity contribution in [2.24, 2.45) is 0 Å². The maximum atomic E-state index is 11.1. The number of hydrogen-bond acceptors (Lipinski definition) is 3. The van der Waals surface area contributed by atoms with E-state index in [4.69, 9.17) is 4.42 Å². The van der Waals surface area contributed by atoms with Gasteiger partial charge in [-0.2, -0.15) is 0 Å². The van der Waals surface area contributed by atoms with E-state index in [-0.39, 0.29) is 11.2 Å². The highest BCUT2D eigenvalue weighted by Crippen LogP contribution is 2.48. The smallest absolute Gasteiger partial charge is 0.180 e. The number of rotatable bonds is 2. The van der Waals surface area contributed by atoms with E-state index in [1.54, 1.807) is 13.1 Å². The molecule has 0 radical (unpaired) electrons. The lowest BCUT2D eigenvalue weighted by atomic mass is 10.00. The molecule has 1 aliphatic carbocycles. The molecule has 0 N–H and O–H groups in total. The van der Waals surface area contributed by atoms with Gasteiger partial charge >= 0.3 is 0 Å². The van der Waals surface area contributed by atoms with Crippen LogP contribution in [0.15, 0.2) is 17.0 Å². The first kappa shape index (κ1) is 6.58. The predicted molar refractivity (Wildman–Crippen MR) is 38.1 cm³/mol. The van der Waals surface area contributed by atoms with Gasteiger partial charge in [0.15, 0.2) is 6.39 Å². The van der Waals surface area contributed by atoms with Crippen LogP contribution < -0.4 is 0 Å². The lowest BCUT2D eigenvalue weighted by molar-refractivity contribution is -0.119. The van der Waals surface area contributed by atoms with Crippen molar-refractivity contribution in [1.29, 1.82) is 0 Å². The van der Waals surface area contributed by atoms with E-state index < -0.39 is 0 Å². The molecule has 11 heavy (non-hydrogen) atoms. The Balaban J connectivity index is 2.36. The molecule has 0 unspecified atom stereocenters. The normalized spacial score (nSPS) is 19.7. The highest BCUT2D eigenvalue weighted by molar-refractivity contribution is 5.90. The minimum absolute atomic E-state index is 0.189. The Kier molecular flexibility index (Phi) is 1.16. The van der Waals surface area contributed by atoms with E-state index in [0.29, 0.717) is 0 Å². The zero-order valence-electron chi connectivity index (χ0n) is 6.33. The van der Waals surface area contributed by atoms with Crippen LogP contribution in [-0.4, -0.2) is 10.8 Å². The van der Waals surface area contributed by atoms with Gasteiger partial charge in [-0.1, -0.05) is 0 Å². The number of hydrogen-bond donors (Lipinski definition) is 0. The van der Waals surface area contributed by atoms with Gasteiger partial charge in [0.05, 0.1) is 11.6 Å². The summed E-state index contributed by atoms with van der Waals surface area (Å²) in [4.78, 5) is 14.9. The number of nitrogens with zero attached hydrogens (tertiary/aromatic N) is 1. The fourth-order valence-electron chi connectivity index (χ4n) is 1.35. The Hall–Kier alpha value is -1.12. The maximum absolute atomic E-state index is 11.1. The summed E-state index contributed by atoms with van der Waals surface area (Å²) in [5, 5.41) is 0. The fourth-order valence-corrected chi connectivity index (χ4v) is 1.35. The predicted octanol–water partition coefficient (Wildman–Crippen LogP) is 1.30. The Labute approximate surface area is 64.4 Å². The summed E-state index contributed by atoms with van der Waals surface area (Å²) in [6, 6.07) is 0. The first-order chi connectivity index (χ1) is 5.26. The van der Waals surface area contributed by atoms with Gasteiger partial charge in [0, 0.05) is 0 Å². The van der Waals surface area contributed by atoms with Crippen LogP contribution in [0.1, 0.15) is 25.5 Å². The minimum Gasteiger partial charge on any atom is -0.447 e. The summed E-state index contributed by atoms with van der Waals surface area (Å²) in [6.45, 7) is 1.61. The second kappa shape index (κ2) is 1.94. The monoisotopic (exact) mass is 151 g/mol. The molecular formula is C8H9NO2. The third-order valence-electron chi connectivity index (χ3n) is 2.33. The van der Waals surface area contributed by atoms with Crippen LogP contribution in [0.25, 0.3) is 0 Å². The van der Waals surface area contributed by atoms with Gasteiger partial charge in [0.1, 0.15) is 11.5 Å². The molecule has 0 bridgehead atoms. The largest absolute Gasteiger partial charge is 0.447 e. The summed E-state index contributed by atoms with van der Waals surface area (Å²) < 4.78 is 5.09. The quantitative estimate of drug-likeness (QED) is 0.639. The van der Waals surface area contributed by atoms with E-state index in [0.717, 1.165) is 18.6 Å². The van der Waals surface area contributed by atoms with Gasteiger partial charge in [0.2, 0.25) is 0 Å². The van der Waals surface area contributed by atoms with E-state index in [9.17, 15) is 4.79 Å². The zero-order chi connectivity index (χ0) is 7.90. The molecular weight excluding hydrogens is 142 g/mol. The van der Waals surface area contributed by atoms with E-state index in [1.807, 2.05) is 0 Å². The summed E-state index contributed by atoms with van der Waals surface area (Å²) >= 11 is 0. The molecule has 1 aromatic heterocycles. The average Bonchev–Trinajstić information content (AvgIpc) is 2.61. The van der Waals surface area contributed by atoms with Crippen molar-refractivity contribution in [2.75, 3.05) is 0 Å². The van der Waals surface area contributed by atoms with Crippen LogP contribution in [0.4, 0.5) is 0 Å². The Bertz CT molecular complexity index is 272. The third kappa shape index (κ3) is 0.803. The van der Waals surface area contributed by atoms with Crippen molar-refractivity contribution < 1.29 is 9.21 Å². The number of Topliss-reactive ketones (excluding diaryl/α,β-unsaturated/α-hetero) is 1. The fraction of sp³-hybridized carbons (Fsp3) is 0.500. The van der Waals surface area contributed by atoms with Crippen LogP contribution in [-0.2, 0) is 10.2 Å². The topological polar surface area (TPSA) is 43.1 Å². The molecule has 1 fully saturated rings. The Morgan fingerprint density at radius 3 is 2.82 bits per heavy atom. The lowest BCUT2D eigenvalue weighted by Crippen LogP contribution is -2.15. The number of carbonyl (C=O) groups excluding carboxylic acids is 1. The van der Waals surface area contributed by atoms with Crippen molar-refractivity contribution in [2.45, 2.75) is 25.2 Å². The van der Waals surface area contributed by atoms with Crippen LogP contribution in [0.3, 0.4) is 0 Å². The molecule has 3 heteroatoms. The number of carbonyl (C=O) groups is 1. The molecule has 1 aliphatic rings. The second-order valence-corrected chi connectivity index (χ2v) is 3.00. The second-order valence-electron chi connectivity index (χ2n) is 3.00. The summed E-state index contributed by atoms with van der Waals surface area (Å²) in [5.41, 5.74) is -0.295. The summed E-state index contributed by atoms with van der Waals surface area (Å²) in [6.07, 6.45) is 4.84. The number of aromatic nitrogens is 1. The average molecular weight is 151 g/mol. The summed E-state index contributed by atoms with van der Waals surface area (Å²) in [5.74, 6) is 0.916. The van der Waals surface area contributed by atoms with Crippen LogP contribution in [0.5, 0.6) is 0 Å². The third-order valence-corrected chi connectivity index (χ3v) is 2.33. The molecule has 1 heterocycles. The first-order valence-corrected chi connectivity index (χ1v) is 3.66. The molecule has 0 aliphatic heterocycles. The van der Waals surface area contributed by atoms with Crippen molar-refractivity contribution in [3.63, 3.8) is 0 Å². The van der Waals surface area contributed by atoms with Crippen molar-refractivity contribution in [3.05, 3.63) is 18.4 Å². The SMILES string of the molecule is CC(=O)C1(c2cnco2)CC1. The molecule has 0 atom stereocenters. The van der Waals surface area contributed by atoms with Gasteiger partial charge < -0.3 is 4.42 Å². The molecule has 58 valence electrons. The number of oxazole rings is 1.